The Labute approximate surface area is 118 Å². The Kier molecular flexibility index (Phi) is 4.28. The fraction of sp³-hybridized carbons (Fsp3) is 0.400. The molecule has 17 heavy (non-hydrogen) atoms. The van der Waals surface area contributed by atoms with Gasteiger partial charge in [-0.3, -0.25) is 0 Å². The average molecular weight is 386 g/mol. The highest BCUT2D eigenvalue weighted by atomic mass is 79.9. The van der Waals surface area contributed by atoms with E-state index in [1.165, 1.54) is 0 Å². The number of halogens is 2. The second-order valence-electron chi connectivity index (χ2n) is 4.66. The summed E-state index contributed by atoms with van der Waals surface area (Å²) >= 11 is 6.46. The van der Waals surface area contributed by atoms with E-state index < -0.39 is 15.6 Å². The first-order chi connectivity index (χ1) is 7.53. The van der Waals surface area contributed by atoms with Crippen molar-refractivity contribution >= 4 is 47.6 Å². The number of anilines is 1. The smallest absolute Gasteiger partial charge is 0.244 e. The van der Waals surface area contributed by atoms with E-state index in [9.17, 15) is 8.42 Å². The van der Waals surface area contributed by atoms with Gasteiger partial charge in [-0.25, -0.2) is 13.1 Å². The lowest BCUT2D eigenvalue weighted by atomic mass is 10.1. The third kappa shape index (κ3) is 3.94. The van der Waals surface area contributed by atoms with Crippen LogP contribution in [0.5, 0.6) is 0 Å². The number of rotatable bonds is 2. The molecule has 0 bridgehead atoms. The number of nitrogens with one attached hydrogen (secondary N) is 1. The van der Waals surface area contributed by atoms with Crippen LogP contribution in [0.3, 0.4) is 0 Å². The molecule has 1 rings (SSSR count). The molecule has 96 valence electrons. The molecule has 0 atom stereocenters. The first-order valence-corrected chi connectivity index (χ1v) is 7.88. The summed E-state index contributed by atoms with van der Waals surface area (Å²) in [5, 5.41) is 0. The van der Waals surface area contributed by atoms with Crippen molar-refractivity contribution in [2.75, 3.05) is 5.73 Å². The molecule has 1 aromatic rings. The first-order valence-electron chi connectivity index (χ1n) is 4.81. The molecule has 4 nitrogen and oxygen atoms in total. The summed E-state index contributed by atoms with van der Waals surface area (Å²) in [7, 11) is -3.64. The third-order valence-corrected chi connectivity index (χ3v) is 4.97. The Morgan fingerprint density at radius 3 is 2.18 bits per heavy atom. The van der Waals surface area contributed by atoms with Gasteiger partial charge >= 0.3 is 0 Å². The van der Waals surface area contributed by atoms with Gasteiger partial charge in [-0.05, 0) is 48.8 Å². The topological polar surface area (TPSA) is 72.2 Å². The molecule has 0 heterocycles. The van der Waals surface area contributed by atoms with Gasteiger partial charge in [0.25, 0.3) is 0 Å². The maximum atomic E-state index is 12.2. The molecular formula is C10H14Br2N2O2S. The predicted octanol–water partition coefficient (Wildman–Crippen LogP) is 2.87. The van der Waals surface area contributed by atoms with E-state index in [-0.39, 0.29) is 10.6 Å². The number of sulfonamides is 1. The Bertz CT molecular complexity index is 513. The number of nitrogens with two attached hydrogens (primary N) is 1. The Morgan fingerprint density at radius 1 is 1.24 bits per heavy atom. The molecular weight excluding hydrogens is 372 g/mol. The molecule has 3 N–H and O–H groups in total. The molecule has 0 amide bonds. The SMILES string of the molecule is CC(C)(C)NS(=O)(=O)c1c(N)cc(Br)cc1Br. The van der Waals surface area contributed by atoms with Gasteiger partial charge in [-0.15, -0.1) is 0 Å². The second-order valence-corrected chi connectivity index (χ2v) is 8.05. The molecule has 0 saturated carbocycles. The Morgan fingerprint density at radius 2 is 1.76 bits per heavy atom. The van der Waals surface area contributed by atoms with Crippen LogP contribution in [0.1, 0.15) is 20.8 Å². The molecule has 0 fully saturated rings. The van der Waals surface area contributed by atoms with E-state index >= 15 is 0 Å². The summed E-state index contributed by atoms with van der Waals surface area (Å²) in [4.78, 5) is 0.0654. The summed E-state index contributed by atoms with van der Waals surface area (Å²) in [5.41, 5.74) is 5.39. The van der Waals surface area contributed by atoms with Gasteiger partial charge in [0.15, 0.2) is 0 Å². The zero-order valence-electron chi connectivity index (χ0n) is 9.71. The molecule has 0 aliphatic carbocycles. The fourth-order valence-corrected chi connectivity index (χ4v) is 4.81. The van der Waals surface area contributed by atoms with Crippen molar-refractivity contribution in [3.63, 3.8) is 0 Å². The van der Waals surface area contributed by atoms with Gasteiger partial charge in [0, 0.05) is 14.5 Å². The summed E-state index contributed by atoms with van der Waals surface area (Å²) in [6.45, 7) is 5.31. The van der Waals surface area contributed by atoms with Crippen molar-refractivity contribution in [3.8, 4) is 0 Å². The molecule has 1 aromatic carbocycles. The summed E-state index contributed by atoms with van der Waals surface area (Å²) in [5.74, 6) is 0. The normalized spacial score (nSPS) is 12.8. The van der Waals surface area contributed by atoms with Crippen molar-refractivity contribution < 1.29 is 8.42 Å². The maximum Gasteiger partial charge on any atom is 0.244 e. The van der Waals surface area contributed by atoms with Crippen LogP contribution in [0.4, 0.5) is 5.69 Å². The highest BCUT2D eigenvalue weighted by Gasteiger charge is 2.26. The van der Waals surface area contributed by atoms with E-state index in [1.807, 2.05) is 0 Å². The summed E-state index contributed by atoms with van der Waals surface area (Å²) < 4.78 is 28.0. The van der Waals surface area contributed by atoms with Crippen LogP contribution in [0, 0.1) is 0 Å². The van der Waals surface area contributed by atoms with E-state index in [0.717, 1.165) is 4.47 Å². The van der Waals surface area contributed by atoms with Crippen LogP contribution < -0.4 is 10.5 Å². The molecule has 0 radical (unpaired) electrons. The largest absolute Gasteiger partial charge is 0.398 e. The highest BCUT2D eigenvalue weighted by molar-refractivity contribution is 9.11. The number of nitrogen functional groups attached to an aromatic ring is 1. The molecule has 7 heteroatoms. The third-order valence-electron chi connectivity index (χ3n) is 1.75. The van der Waals surface area contributed by atoms with Gasteiger partial charge in [0.2, 0.25) is 10.0 Å². The van der Waals surface area contributed by atoms with Crippen molar-refractivity contribution in [2.24, 2.45) is 0 Å². The predicted molar refractivity (Wildman–Crippen MR) is 76.3 cm³/mol. The van der Waals surface area contributed by atoms with Crippen LogP contribution in [-0.2, 0) is 10.0 Å². The van der Waals surface area contributed by atoms with Crippen molar-refractivity contribution in [1.82, 2.24) is 4.72 Å². The van der Waals surface area contributed by atoms with Gasteiger partial charge in [0.1, 0.15) is 4.90 Å². The van der Waals surface area contributed by atoms with E-state index in [0.29, 0.717) is 4.47 Å². The van der Waals surface area contributed by atoms with Crippen molar-refractivity contribution in [1.29, 1.82) is 0 Å². The summed E-state index contributed by atoms with van der Waals surface area (Å²) in [6, 6.07) is 3.20. The van der Waals surface area contributed by atoms with Crippen molar-refractivity contribution in [3.05, 3.63) is 21.1 Å². The second kappa shape index (κ2) is 4.87. The van der Waals surface area contributed by atoms with Crippen molar-refractivity contribution in [2.45, 2.75) is 31.2 Å². The first kappa shape index (κ1) is 14.9. The van der Waals surface area contributed by atoms with Gasteiger partial charge < -0.3 is 5.73 Å². The minimum atomic E-state index is -3.64. The van der Waals surface area contributed by atoms with E-state index in [2.05, 4.69) is 36.6 Å². The lowest BCUT2D eigenvalue weighted by molar-refractivity contribution is 0.491. The molecule has 0 unspecified atom stereocenters. The molecule has 0 aromatic heterocycles. The lowest BCUT2D eigenvalue weighted by Crippen LogP contribution is -2.40. The molecule has 0 saturated heterocycles. The number of benzene rings is 1. The van der Waals surface area contributed by atoms with Crippen LogP contribution in [0.2, 0.25) is 0 Å². The maximum absolute atomic E-state index is 12.2. The van der Waals surface area contributed by atoms with Crippen LogP contribution in [0.15, 0.2) is 26.0 Å². The number of hydrogen-bond donors (Lipinski definition) is 2. The molecule has 0 aliphatic rings. The van der Waals surface area contributed by atoms with Crippen LogP contribution >= 0.6 is 31.9 Å². The summed E-state index contributed by atoms with van der Waals surface area (Å²) in [6.07, 6.45) is 0. The fourth-order valence-electron chi connectivity index (χ4n) is 1.32. The lowest BCUT2D eigenvalue weighted by Gasteiger charge is -2.21. The Balaban J connectivity index is 3.35. The highest BCUT2D eigenvalue weighted by Crippen LogP contribution is 2.32. The standard InChI is InChI=1S/C10H14Br2N2O2S/c1-10(2,3)14-17(15,16)9-7(12)4-6(11)5-8(9)13/h4-5,14H,13H2,1-3H3. The minimum Gasteiger partial charge on any atom is -0.398 e. The monoisotopic (exact) mass is 384 g/mol. The zero-order valence-corrected chi connectivity index (χ0v) is 13.7. The molecule has 0 aliphatic heterocycles. The van der Waals surface area contributed by atoms with E-state index in [1.54, 1.807) is 32.9 Å². The van der Waals surface area contributed by atoms with E-state index in [4.69, 9.17) is 5.73 Å². The van der Waals surface area contributed by atoms with Gasteiger partial charge in [-0.1, -0.05) is 15.9 Å². The quantitative estimate of drug-likeness (QED) is 0.768. The average Bonchev–Trinajstić information content (AvgIpc) is 1.93. The zero-order chi connectivity index (χ0) is 13.4. The van der Waals surface area contributed by atoms with Gasteiger partial charge in [-0.2, -0.15) is 0 Å². The van der Waals surface area contributed by atoms with Crippen LogP contribution in [0.25, 0.3) is 0 Å². The number of hydrogen-bond acceptors (Lipinski definition) is 3. The Hall–Kier alpha value is -0.110. The minimum absolute atomic E-state index is 0.0654. The van der Waals surface area contributed by atoms with Crippen LogP contribution in [-0.4, -0.2) is 14.0 Å². The molecule has 0 spiro atoms. The van der Waals surface area contributed by atoms with Gasteiger partial charge in [0.05, 0.1) is 5.69 Å².